The highest BCUT2D eigenvalue weighted by molar-refractivity contribution is 5.98. The molecule has 9 heteroatoms. The van der Waals surface area contributed by atoms with E-state index in [-0.39, 0.29) is 5.91 Å². The minimum absolute atomic E-state index is 0.0541. The molecule has 0 fully saturated rings. The summed E-state index contributed by atoms with van der Waals surface area (Å²) in [6.07, 6.45) is 10.9. The SMILES string of the molecule is CCC(=O)Nc1cncc(-c2ccc3[nH]nc(-c4nc5c(-c6cccnc6)cncc5[nH]4)c3c2)c1. The number of aromatic amines is 2. The Labute approximate surface area is 199 Å². The van der Waals surface area contributed by atoms with E-state index in [1.54, 1.807) is 37.2 Å². The van der Waals surface area contributed by atoms with E-state index in [1.807, 2.05) is 43.3 Å². The maximum absolute atomic E-state index is 11.8. The maximum atomic E-state index is 11.8. The Bertz CT molecular complexity index is 1690. The predicted molar refractivity (Wildman–Crippen MR) is 134 cm³/mol. The number of hydrogen-bond acceptors (Lipinski definition) is 6. The third-order valence-electron chi connectivity index (χ3n) is 5.83. The first-order valence-corrected chi connectivity index (χ1v) is 11.2. The largest absolute Gasteiger partial charge is 0.335 e. The van der Waals surface area contributed by atoms with Gasteiger partial charge in [-0.15, -0.1) is 0 Å². The number of fused-ring (bicyclic) bond motifs is 2. The fourth-order valence-electron chi connectivity index (χ4n) is 4.07. The van der Waals surface area contributed by atoms with E-state index >= 15 is 0 Å². The molecule has 1 amide bonds. The lowest BCUT2D eigenvalue weighted by atomic mass is 10.0. The Morgan fingerprint density at radius 1 is 0.914 bits per heavy atom. The van der Waals surface area contributed by atoms with Crippen LogP contribution in [0.4, 0.5) is 5.69 Å². The topological polar surface area (TPSA) is 125 Å². The van der Waals surface area contributed by atoms with Crippen LogP contribution in [0.2, 0.25) is 0 Å². The normalized spacial score (nSPS) is 11.2. The molecule has 0 radical (unpaired) electrons. The molecule has 6 rings (SSSR count). The third kappa shape index (κ3) is 3.78. The van der Waals surface area contributed by atoms with Gasteiger partial charge in [-0.2, -0.15) is 5.10 Å². The number of imidazole rings is 1. The first-order chi connectivity index (χ1) is 17.2. The highest BCUT2D eigenvalue weighted by Gasteiger charge is 2.16. The number of benzene rings is 1. The fourth-order valence-corrected chi connectivity index (χ4v) is 4.07. The van der Waals surface area contributed by atoms with E-state index in [4.69, 9.17) is 4.98 Å². The van der Waals surface area contributed by atoms with Gasteiger partial charge in [-0.05, 0) is 29.8 Å². The summed E-state index contributed by atoms with van der Waals surface area (Å²) in [5.74, 6) is 0.588. The zero-order chi connectivity index (χ0) is 23.8. The number of hydrogen-bond donors (Lipinski definition) is 3. The average Bonchev–Trinajstić information content (AvgIpc) is 3.53. The van der Waals surface area contributed by atoms with Gasteiger partial charge in [-0.25, -0.2) is 4.98 Å². The number of aromatic nitrogens is 7. The lowest BCUT2D eigenvalue weighted by Crippen LogP contribution is -2.09. The van der Waals surface area contributed by atoms with E-state index in [0.29, 0.717) is 23.6 Å². The van der Waals surface area contributed by atoms with Crippen molar-refractivity contribution in [2.24, 2.45) is 0 Å². The van der Waals surface area contributed by atoms with Crippen LogP contribution in [0.1, 0.15) is 13.3 Å². The Hall–Kier alpha value is -4.92. The average molecular weight is 461 g/mol. The van der Waals surface area contributed by atoms with Crippen molar-refractivity contribution in [1.29, 1.82) is 0 Å². The molecule has 0 unspecified atom stereocenters. The Kier molecular flexibility index (Phi) is 4.99. The van der Waals surface area contributed by atoms with E-state index in [0.717, 1.165) is 44.2 Å². The van der Waals surface area contributed by atoms with Gasteiger partial charge in [0.15, 0.2) is 5.82 Å². The van der Waals surface area contributed by atoms with Crippen LogP contribution >= 0.6 is 0 Å². The predicted octanol–water partition coefficient (Wildman–Crippen LogP) is 4.97. The minimum atomic E-state index is -0.0541. The van der Waals surface area contributed by atoms with Gasteiger partial charge in [0.25, 0.3) is 0 Å². The second kappa shape index (κ2) is 8.45. The van der Waals surface area contributed by atoms with E-state index in [2.05, 4.69) is 35.5 Å². The summed E-state index contributed by atoms with van der Waals surface area (Å²) >= 11 is 0. The molecule has 1 aromatic carbocycles. The van der Waals surface area contributed by atoms with Gasteiger partial charge in [0.05, 0.1) is 29.1 Å². The van der Waals surface area contributed by atoms with Crippen molar-refractivity contribution in [1.82, 2.24) is 35.1 Å². The molecule has 0 atom stereocenters. The molecule has 0 saturated heterocycles. The quantitative estimate of drug-likeness (QED) is 0.333. The molecule has 0 aliphatic heterocycles. The number of nitrogens with one attached hydrogen (secondary N) is 3. The van der Waals surface area contributed by atoms with Crippen LogP contribution in [0.15, 0.2) is 73.6 Å². The fraction of sp³-hybridized carbons (Fsp3) is 0.0769. The van der Waals surface area contributed by atoms with Crippen molar-refractivity contribution in [3.8, 4) is 33.8 Å². The summed E-state index contributed by atoms with van der Waals surface area (Å²) in [6, 6.07) is 11.8. The summed E-state index contributed by atoms with van der Waals surface area (Å²) in [7, 11) is 0. The third-order valence-corrected chi connectivity index (χ3v) is 5.83. The van der Waals surface area contributed by atoms with E-state index in [1.165, 1.54) is 0 Å². The van der Waals surface area contributed by atoms with Gasteiger partial charge in [0.1, 0.15) is 11.2 Å². The number of amides is 1. The van der Waals surface area contributed by atoms with Gasteiger partial charge in [0, 0.05) is 53.3 Å². The van der Waals surface area contributed by atoms with Gasteiger partial charge in [-0.1, -0.05) is 19.1 Å². The molecule has 6 aromatic rings. The highest BCUT2D eigenvalue weighted by Crippen LogP contribution is 2.32. The lowest BCUT2D eigenvalue weighted by molar-refractivity contribution is -0.115. The first kappa shape index (κ1) is 20.7. The molecule has 0 spiro atoms. The van der Waals surface area contributed by atoms with Crippen molar-refractivity contribution >= 4 is 33.5 Å². The van der Waals surface area contributed by atoms with Gasteiger partial charge >= 0.3 is 0 Å². The minimum Gasteiger partial charge on any atom is -0.335 e. The van der Waals surface area contributed by atoms with Gasteiger partial charge in [0.2, 0.25) is 5.91 Å². The number of H-pyrrole nitrogens is 2. The molecule has 3 N–H and O–H groups in total. The molecule has 35 heavy (non-hydrogen) atoms. The van der Waals surface area contributed by atoms with E-state index < -0.39 is 0 Å². The molecule has 5 heterocycles. The Balaban J connectivity index is 1.43. The molecular formula is C26H20N8O. The van der Waals surface area contributed by atoms with Crippen LogP contribution in [0.5, 0.6) is 0 Å². The Morgan fingerprint density at radius 2 is 1.80 bits per heavy atom. The molecule has 9 nitrogen and oxygen atoms in total. The zero-order valence-corrected chi connectivity index (χ0v) is 18.8. The summed E-state index contributed by atoms with van der Waals surface area (Å²) in [5.41, 5.74) is 7.56. The summed E-state index contributed by atoms with van der Waals surface area (Å²) in [4.78, 5) is 32.9. The zero-order valence-electron chi connectivity index (χ0n) is 18.8. The second-order valence-corrected chi connectivity index (χ2v) is 8.11. The summed E-state index contributed by atoms with van der Waals surface area (Å²) < 4.78 is 0. The Morgan fingerprint density at radius 3 is 2.66 bits per heavy atom. The number of pyridine rings is 3. The monoisotopic (exact) mass is 460 g/mol. The van der Waals surface area contributed by atoms with Gasteiger partial charge < -0.3 is 10.3 Å². The summed E-state index contributed by atoms with van der Waals surface area (Å²) in [5, 5.41) is 11.4. The van der Waals surface area contributed by atoms with Crippen LogP contribution in [0.3, 0.4) is 0 Å². The van der Waals surface area contributed by atoms with Crippen molar-refractivity contribution in [2.45, 2.75) is 13.3 Å². The van der Waals surface area contributed by atoms with Crippen LogP contribution in [0.25, 0.3) is 55.7 Å². The standard InChI is InChI=1S/C26H20N8O/c1-2-23(35)30-18-8-17(11-28-12-18)15-5-6-21-19(9-15)25(34-33-21)26-31-22-14-29-13-20(24(22)32-26)16-4-3-7-27-10-16/h3-14H,2H2,1H3,(H,30,35)(H,31,32)(H,33,34). The number of carbonyl (C=O) groups is 1. The molecule has 0 bridgehead atoms. The lowest BCUT2D eigenvalue weighted by Gasteiger charge is -2.06. The highest BCUT2D eigenvalue weighted by atomic mass is 16.1. The van der Waals surface area contributed by atoms with E-state index in [9.17, 15) is 4.79 Å². The van der Waals surface area contributed by atoms with Crippen LogP contribution in [-0.4, -0.2) is 41.0 Å². The molecule has 170 valence electrons. The number of rotatable bonds is 5. The summed E-state index contributed by atoms with van der Waals surface area (Å²) in [6.45, 7) is 1.81. The van der Waals surface area contributed by atoms with Crippen molar-refractivity contribution < 1.29 is 4.79 Å². The number of carbonyl (C=O) groups excluding carboxylic acids is 1. The van der Waals surface area contributed by atoms with Gasteiger partial charge in [-0.3, -0.25) is 24.8 Å². The van der Waals surface area contributed by atoms with Crippen molar-refractivity contribution in [3.63, 3.8) is 0 Å². The molecule has 0 aliphatic rings. The van der Waals surface area contributed by atoms with Crippen molar-refractivity contribution in [2.75, 3.05) is 5.32 Å². The molecule has 0 aliphatic carbocycles. The molecule has 5 aromatic heterocycles. The maximum Gasteiger partial charge on any atom is 0.224 e. The first-order valence-electron chi connectivity index (χ1n) is 11.2. The number of anilines is 1. The molecule has 0 saturated carbocycles. The number of nitrogens with zero attached hydrogens (tertiary/aromatic N) is 5. The second-order valence-electron chi connectivity index (χ2n) is 8.11. The van der Waals surface area contributed by atoms with Crippen LogP contribution < -0.4 is 5.32 Å². The smallest absolute Gasteiger partial charge is 0.224 e. The van der Waals surface area contributed by atoms with Crippen LogP contribution in [0, 0.1) is 0 Å². The van der Waals surface area contributed by atoms with Crippen molar-refractivity contribution in [3.05, 3.63) is 73.6 Å². The van der Waals surface area contributed by atoms with Crippen LogP contribution in [-0.2, 0) is 4.79 Å². The molecular weight excluding hydrogens is 440 g/mol.